The predicted octanol–water partition coefficient (Wildman–Crippen LogP) is 1.17. The molecule has 1 saturated heterocycles. The summed E-state index contributed by atoms with van der Waals surface area (Å²) in [7, 11) is -2.88. The van der Waals surface area contributed by atoms with Crippen molar-refractivity contribution in [1.29, 1.82) is 0 Å². The average Bonchev–Trinajstić information content (AvgIpc) is 2.42. The third-order valence-corrected chi connectivity index (χ3v) is 4.40. The van der Waals surface area contributed by atoms with Gasteiger partial charge in [-0.2, -0.15) is 0 Å². The van der Waals surface area contributed by atoms with Crippen molar-refractivity contribution < 1.29 is 8.42 Å². The molecule has 0 saturated carbocycles. The standard InChI is InChI=1S/C10H17NO2S/c12-14(13)8-5-10(9-14)11-6-3-1-2-4-7-11/h5,8,10H,1-4,6-7,9H2. The van der Waals surface area contributed by atoms with Crippen molar-refractivity contribution in [2.24, 2.45) is 0 Å². The van der Waals surface area contributed by atoms with Gasteiger partial charge in [-0.15, -0.1) is 0 Å². The van der Waals surface area contributed by atoms with Gasteiger partial charge in [0, 0.05) is 11.4 Å². The molecule has 0 aromatic rings. The highest BCUT2D eigenvalue weighted by molar-refractivity contribution is 7.94. The van der Waals surface area contributed by atoms with Gasteiger partial charge in [0.05, 0.1) is 5.75 Å². The van der Waals surface area contributed by atoms with Gasteiger partial charge in [0.25, 0.3) is 0 Å². The number of likely N-dealkylation sites (tertiary alicyclic amines) is 1. The van der Waals surface area contributed by atoms with Gasteiger partial charge in [-0.05, 0) is 25.9 Å². The Morgan fingerprint density at radius 3 is 2.21 bits per heavy atom. The van der Waals surface area contributed by atoms with E-state index in [0.717, 1.165) is 13.1 Å². The molecule has 0 aromatic carbocycles. The molecular formula is C10H17NO2S. The van der Waals surface area contributed by atoms with Gasteiger partial charge >= 0.3 is 0 Å². The molecule has 0 aliphatic carbocycles. The normalized spacial score (nSPS) is 33.0. The Kier molecular flexibility index (Phi) is 2.93. The summed E-state index contributed by atoms with van der Waals surface area (Å²) in [5, 5.41) is 1.38. The predicted molar refractivity (Wildman–Crippen MR) is 56.8 cm³/mol. The van der Waals surface area contributed by atoms with E-state index in [-0.39, 0.29) is 6.04 Å². The van der Waals surface area contributed by atoms with Gasteiger partial charge in [0.15, 0.2) is 9.84 Å². The largest absolute Gasteiger partial charge is 0.296 e. The van der Waals surface area contributed by atoms with Crippen LogP contribution in [0.1, 0.15) is 25.7 Å². The Hall–Kier alpha value is -0.350. The maximum Gasteiger partial charge on any atom is 0.173 e. The van der Waals surface area contributed by atoms with E-state index in [1.165, 1.54) is 31.1 Å². The summed E-state index contributed by atoms with van der Waals surface area (Å²) >= 11 is 0. The first-order chi connectivity index (χ1) is 6.67. The van der Waals surface area contributed by atoms with E-state index in [1.54, 1.807) is 0 Å². The third-order valence-electron chi connectivity index (χ3n) is 3.02. The third kappa shape index (κ3) is 2.36. The Morgan fingerprint density at radius 2 is 1.71 bits per heavy atom. The van der Waals surface area contributed by atoms with Crippen LogP contribution in [0.3, 0.4) is 0 Å². The van der Waals surface area contributed by atoms with Crippen molar-refractivity contribution in [2.75, 3.05) is 18.8 Å². The number of nitrogens with zero attached hydrogens (tertiary/aromatic N) is 1. The van der Waals surface area contributed by atoms with E-state index in [9.17, 15) is 8.42 Å². The van der Waals surface area contributed by atoms with Gasteiger partial charge in [0.1, 0.15) is 0 Å². The quantitative estimate of drug-likeness (QED) is 0.659. The zero-order chi connectivity index (χ0) is 10.0. The second-order valence-electron chi connectivity index (χ2n) is 4.18. The fraction of sp³-hybridized carbons (Fsp3) is 0.800. The van der Waals surface area contributed by atoms with Gasteiger partial charge < -0.3 is 0 Å². The monoisotopic (exact) mass is 215 g/mol. The molecule has 0 bridgehead atoms. The van der Waals surface area contributed by atoms with Crippen LogP contribution >= 0.6 is 0 Å². The number of rotatable bonds is 1. The first-order valence-electron chi connectivity index (χ1n) is 5.32. The average molecular weight is 215 g/mol. The second-order valence-corrected chi connectivity index (χ2v) is 6.11. The molecule has 0 spiro atoms. The van der Waals surface area contributed by atoms with Crippen LogP contribution in [0.15, 0.2) is 11.5 Å². The smallest absolute Gasteiger partial charge is 0.173 e. The van der Waals surface area contributed by atoms with E-state index < -0.39 is 9.84 Å². The molecule has 2 aliphatic rings. The fourth-order valence-electron chi connectivity index (χ4n) is 2.21. The van der Waals surface area contributed by atoms with Gasteiger partial charge in [-0.1, -0.05) is 18.9 Å². The van der Waals surface area contributed by atoms with Gasteiger partial charge in [0.2, 0.25) is 0 Å². The van der Waals surface area contributed by atoms with Crippen molar-refractivity contribution in [1.82, 2.24) is 4.90 Å². The number of sulfone groups is 1. The summed E-state index contributed by atoms with van der Waals surface area (Å²) < 4.78 is 22.5. The molecule has 0 radical (unpaired) electrons. The van der Waals surface area contributed by atoms with Crippen LogP contribution in [-0.2, 0) is 9.84 Å². The van der Waals surface area contributed by atoms with Crippen molar-refractivity contribution in [2.45, 2.75) is 31.7 Å². The molecule has 1 unspecified atom stereocenters. The van der Waals surface area contributed by atoms with Crippen molar-refractivity contribution in [3.8, 4) is 0 Å². The van der Waals surface area contributed by atoms with Crippen LogP contribution in [0.2, 0.25) is 0 Å². The lowest BCUT2D eigenvalue weighted by Gasteiger charge is -2.24. The Labute approximate surface area is 85.7 Å². The minimum absolute atomic E-state index is 0.151. The van der Waals surface area contributed by atoms with Crippen molar-refractivity contribution in [3.63, 3.8) is 0 Å². The summed E-state index contributed by atoms with van der Waals surface area (Å²) in [5.41, 5.74) is 0. The summed E-state index contributed by atoms with van der Waals surface area (Å²) in [6.07, 6.45) is 6.86. The van der Waals surface area contributed by atoms with E-state index in [1.807, 2.05) is 6.08 Å². The number of hydrogen-bond donors (Lipinski definition) is 0. The SMILES string of the molecule is O=S1(=O)C=CC(N2CCCCCC2)C1. The molecule has 80 valence electrons. The minimum atomic E-state index is -2.88. The Bertz CT molecular complexity index is 313. The maximum atomic E-state index is 11.3. The molecule has 1 fully saturated rings. The molecule has 0 amide bonds. The van der Waals surface area contributed by atoms with Gasteiger partial charge in [-0.3, -0.25) is 4.90 Å². The molecule has 3 nitrogen and oxygen atoms in total. The molecule has 2 heterocycles. The van der Waals surface area contributed by atoms with Crippen molar-refractivity contribution >= 4 is 9.84 Å². The first-order valence-corrected chi connectivity index (χ1v) is 7.04. The van der Waals surface area contributed by atoms with Crippen LogP contribution in [0.4, 0.5) is 0 Å². The van der Waals surface area contributed by atoms with Crippen LogP contribution in [0.25, 0.3) is 0 Å². The van der Waals surface area contributed by atoms with Crippen LogP contribution < -0.4 is 0 Å². The highest BCUT2D eigenvalue weighted by atomic mass is 32.2. The lowest BCUT2D eigenvalue weighted by molar-refractivity contribution is 0.255. The summed E-state index contributed by atoms with van der Waals surface area (Å²) in [6.45, 7) is 2.12. The molecule has 14 heavy (non-hydrogen) atoms. The molecule has 0 N–H and O–H groups in total. The zero-order valence-corrected chi connectivity index (χ0v) is 9.17. The first kappa shape index (κ1) is 10.2. The minimum Gasteiger partial charge on any atom is -0.296 e. The molecule has 1 atom stereocenters. The van der Waals surface area contributed by atoms with Crippen LogP contribution in [0.5, 0.6) is 0 Å². The van der Waals surface area contributed by atoms with E-state index in [4.69, 9.17) is 0 Å². The summed E-state index contributed by atoms with van der Waals surface area (Å²) in [4.78, 5) is 2.31. The Balaban J connectivity index is 1.99. The molecule has 4 heteroatoms. The molecule has 2 aliphatic heterocycles. The fourth-order valence-corrected chi connectivity index (χ4v) is 3.54. The second kappa shape index (κ2) is 4.03. The van der Waals surface area contributed by atoms with E-state index in [0.29, 0.717) is 5.75 Å². The Morgan fingerprint density at radius 1 is 1.07 bits per heavy atom. The summed E-state index contributed by atoms with van der Waals surface area (Å²) in [6, 6.07) is 0.151. The topological polar surface area (TPSA) is 37.4 Å². The highest BCUT2D eigenvalue weighted by Crippen LogP contribution is 2.18. The summed E-state index contributed by atoms with van der Waals surface area (Å²) in [5.74, 6) is 0.299. The van der Waals surface area contributed by atoms with E-state index >= 15 is 0 Å². The lowest BCUT2D eigenvalue weighted by atomic mass is 10.2. The molecular weight excluding hydrogens is 198 g/mol. The highest BCUT2D eigenvalue weighted by Gasteiger charge is 2.26. The van der Waals surface area contributed by atoms with Gasteiger partial charge in [-0.25, -0.2) is 8.42 Å². The number of hydrogen-bond acceptors (Lipinski definition) is 3. The molecule has 0 aromatic heterocycles. The van der Waals surface area contributed by atoms with E-state index in [2.05, 4.69) is 4.90 Å². The van der Waals surface area contributed by atoms with Crippen LogP contribution in [0, 0.1) is 0 Å². The van der Waals surface area contributed by atoms with Crippen molar-refractivity contribution in [3.05, 3.63) is 11.5 Å². The molecule has 2 rings (SSSR count). The lowest BCUT2D eigenvalue weighted by Crippen LogP contribution is -2.36. The zero-order valence-electron chi connectivity index (χ0n) is 8.35. The maximum absolute atomic E-state index is 11.3. The van der Waals surface area contributed by atoms with Crippen LogP contribution in [-0.4, -0.2) is 38.2 Å².